The van der Waals surface area contributed by atoms with Gasteiger partial charge in [-0.2, -0.15) is 0 Å². The Morgan fingerprint density at radius 2 is 1.68 bits per heavy atom. The van der Waals surface area contributed by atoms with E-state index in [1.54, 1.807) is 12.1 Å². The standard InChI is InChI=1S/C21H26FNO2/c1-15(16-5-9-18(22)10-6-16)13-23-20(24)14-25-19-11-7-17(8-12-19)21(2,3)4/h5-12,15H,13-14H2,1-4H3,(H,23,24). The molecule has 25 heavy (non-hydrogen) atoms. The van der Waals surface area contributed by atoms with Gasteiger partial charge in [0.2, 0.25) is 0 Å². The van der Waals surface area contributed by atoms with Crippen LogP contribution in [-0.2, 0) is 10.2 Å². The number of hydrogen-bond acceptors (Lipinski definition) is 2. The van der Waals surface area contributed by atoms with Gasteiger partial charge >= 0.3 is 0 Å². The van der Waals surface area contributed by atoms with Crippen LogP contribution in [0.4, 0.5) is 4.39 Å². The average molecular weight is 343 g/mol. The first-order valence-corrected chi connectivity index (χ1v) is 8.51. The molecule has 0 fully saturated rings. The number of amides is 1. The van der Waals surface area contributed by atoms with Crippen molar-refractivity contribution in [2.75, 3.05) is 13.2 Å². The Morgan fingerprint density at radius 1 is 1.08 bits per heavy atom. The van der Waals surface area contributed by atoms with Gasteiger partial charge in [0.25, 0.3) is 5.91 Å². The maximum atomic E-state index is 12.9. The molecule has 0 spiro atoms. The van der Waals surface area contributed by atoms with E-state index in [1.165, 1.54) is 17.7 Å². The fourth-order valence-electron chi connectivity index (χ4n) is 2.43. The largest absolute Gasteiger partial charge is 0.484 e. The summed E-state index contributed by atoms with van der Waals surface area (Å²) in [6, 6.07) is 14.1. The number of carbonyl (C=O) groups is 1. The molecular formula is C21H26FNO2. The molecule has 3 nitrogen and oxygen atoms in total. The SMILES string of the molecule is CC(CNC(=O)COc1ccc(C(C)(C)C)cc1)c1ccc(F)cc1. The first kappa shape index (κ1) is 19.0. The molecule has 1 atom stereocenters. The summed E-state index contributed by atoms with van der Waals surface area (Å²) >= 11 is 0. The van der Waals surface area contributed by atoms with Crippen molar-refractivity contribution in [3.05, 3.63) is 65.5 Å². The van der Waals surface area contributed by atoms with E-state index in [-0.39, 0.29) is 29.7 Å². The minimum absolute atomic E-state index is 0.0228. The molecule has 0 radical (unpaired) electrons. The highest BCUT2D eigenvalue weighted by atomic mass is 19.1. The lowest BCUT2D eigenvalue weighted by molar-refractivity contribution is -0.123. The predicted octanol–water partition coefficient (Wildman–Crippen LogP) is 4.42. The number of ether oxygens (including phenoxy) is 1. The Labute approximate surface area is 149 Å². The summed E-state index contributed by atoms with van der Waals surface area (Å²) in [4.78, 5) is 11.9. The molecule has 1 N–H and O–H groups in total. The second-order valence-electron chi connectivity index (χ2n) is 7.32. The van der Waals surface area contributed by atoms with Gasteiger partial charge in [0.05, 0.1) is 0 Å². The molecule has 0 aliphatic heterocycles. The van der Waals surface area contributed by atoms with Crippen molar-refractivity contribution in [2.45, 2.75) is 39.0 Å². The Morgan fingerprint density at radius 3 is 2.24 bits per heavy atom. The van der Waals surface area contributed by atoms with Crippen LogP contribution in [0.15, 0.2) is 48.5 Å². The van der Waals surface area contributed by atoms with Gasteiger partial charge in [0.15, 0.2) is 6.61 Å². The zero-order chi connectivity index (χ0) is 18.4. The maximum absolute atomic E-state index is 12.9. The summed E-state index contributed by atoms with van der Waals surface area (Å²) in [5, 5.41) is 2.84. The average Bonchev–Trinajstić information content (AvgIpc) is 2.58. The Bertz CT molecular complexity index is 687. The fraction of sp³-hybridized carbons (Fsp3) is 0.381. The molecule has 2 aromatic rings. The summed E-state index contributed by atoms with van der Waals surface area (Å²) in [7, 11) is 0. The van der Waals surface area contributed by atoms with E-state index in [9.17, 15) is 9.18 Å². The van der Waals surface area contributed by atoms with E-state index >= 15 is 0 Å². The molecule has 2 rings (SSSR count). The molecule has 4 heteroatoms. The lowest BCUT2D eigenvalue weighted by Gasteiger charge is -2.19. The molecule has 0 heterocycles. The molecule has 134 valence electrons. The van der Waals surface area contributed by atoms with Crippen LogP contribution >= 0.6 is 0 Å². The zero-order valence-electron chi connectivity index (χ0n) is 15.3. The van der Waals surface area contributed by atoms with E-state index in [2.05, 4.69) is 26.1 Å². The van der Waals surface area contributed by atoms with Crippen molar-refractivity contribution in [1.82, 2.24) is 5.32 Å². The highest BCUT2D eigenvalue weighted by molar-refractivity contribution is 5.77. The van der Waals surface area contributed by atoms with Crippen molar-refractivity contribution in [3.8, 4) is 5.75 Å². The van der Waals surface area contributed by atoms with Gasteiger partial charge in [0, 0.05) is 6.54 Å². The quantitative estimate of drug-likeness (QED) is 0.843. The fourth-order valence-corrected chi connectivity index (χ4v) is 2.43. The van der Waals surface area contributed by atoms with Gasteiger partial charge in [-0.15, -0.1) is 0 Å². The van der Waals surface area contributed by atoms with Gasteiger partial charge in [0.1, 0.15) is 11.6 Å². The van der Waals surface area contributed by atoms with Crippen LogP contribution in [-0.4, -0.2) is 19.1 Å². The van der Waals surface area contributed by atoms with E-state index in [1.807, 2.05) is 31.2 Å². The van der Waals surface area contributed by atoms with Crippen molar-refractivity contribution < 1.29 is 13.9 Å². The second kappa shape index (κ2) is 8.15. The number of hydrogen-bond donors (Lipinski definition) is 1. The smallest absolute Gasteiger partial charge is 0.257 e. The minimum atomic E-state index is -0.258. The van der Waals surface area contributed by atoms with Crippen LogP contribution in [0.3, 0.4) is 0 Å². The normalized spacial score (nSPS) is 12.5. The number of rotatable bonds is 6. The van der Waals surface area contributed by atoms with Gasteiger partial charge < -0.3 is 10.1 Å². The van der Waals surface area contributed by atoms with Gasteiger partial charge in [-0.05, 0) is 46.7 Å². The van der Waals surface area contributed by atoms with Crippen molar-refractivity contribution in [3.63, 3.8) is 0 Å². The van der Waals surface area contributed by atoms with Crippen molar-refractivity contribution in [2.24, 2.45) is 0 Å². The summed E-state index contributed by atoms with van der Waals surface area (Å²) in [6.07, 6.45) is 0. The third-order valence-corrected chi connectivity index (χ3v) is 4.13. The molecular weight excluding hydrogens is 317 g/mol. The van der Waals surface area contributed by atoms with Crippen molar-refractivity contribution >= 4 is 5.91 Å². The molecule has 0 aliphatic rings. The molecule has 0 bridgehead atoms. The third-order valence-electron chi connectivity index (χ3n) is 4.13. The van der Waals surface area contributed by atoms with Crippen LogP contribution in [0.5, 0.6) is 5.75 Å². The van der Waals surface area contributed by atoms with Crippen LogP contribution in [0.1, 0.15) is 44.7 Å². The maximum Gasteiger partial charge on any atom is 0.257 e. The van der Waals surface area contributed by atoms with Gasteiger partial charge in [-0.25, -0.2) is 4.39 Å². The van der Waals surface area contributed by atoms with E-state index in [4.69, 9.17) is 4.74 Å². The molecule has 0 aliphatic carbocycles. The topological polar surface area (TPSA) is 38.3 Å². The summed E-state index contributed by atoms with van der Waals surface area (Å²) in [5.41, 5.74) is 2.30. The highest BCUT2D eigenvalue weighted by Gasteiger charge is 2.13. The van der Waals surface area contributed by atoms with Crippen molar-refractivity contribution in [1.29, 1.82) is 0 Å². The number of nitrogens with one attached hydrogen (secondary N) is 1. The Kier molecular flexibility index (Phi) is 6.18. The molecule has 1 unspecified atom stereocenters. The molecule has 0 saturated carbocycles. The first-order valence-electron chi connectivity index (χ1n) is 8.51. The van der Waals surface area contributed by atoms with Gasteiger partial charge in [-0.1, -0.05) is 52.0 Å². The molecule has 1 amide bonds. The summed E-state index contributed by atoms with van der Waals surface area (Å²) < 4.78 is 18.5. The zero-order valence-corrected chi connectivity index (χ0v) is 15.3. The van der Waals surface area contributed by atoms with Crippen LogP contribution in [0.25, 0.3) is 0 Å². The number of halogens is 1. The first-order chi connectivity index (χ1) is 11.8. The summed E-state index contributed by atoms with van der Waals surface area (Å²) in [6.45, 7) is 8.90. The Hall–Kier alpha value is -2.36. The van der Waals surface area contributed by atoms with Crippen LogP contribution in [0.2, 0.25) is 0 Å². The third kappa shape index (κ3) is 5.89. The molecule has 0 aromatic heterocycles. The van der Waals surface area contributed by atoms with Crippen LogP contribution < -0.4 is 10.1 Å². The monoisotopic (exact) mass is 343 g/mol. The van der Waals surface area contributed by atoms with E-state index in [0.29, 0.717) is 12.3 Å². The van der Waals surface area contributed by atoms with E-state index in [0.717, 1.165) is 5.56 Å². The summed E-state index contributed by atoms with van der Waals surface area (Å²) in [5.74, 6) is 0.352. The predicted molar refractivity (Wildman–Crippen MR) is 98.5 cm³/mol. The second-order valence-corrected chi connectivity index (χ2v) is 7.32. The highest BCUT2D eigenvalue weighted by Crippen LogP contribution is 2.24. The van der Waals surface area contributed by atoms with Crippen LogP contribution in [0, 0.1) is 5.82 Å². The van der Waals surface area contributed by atoms with E-state index < -0.39 is 0 Å². The number of benzene rings is 2. The van der Waals surface area contributed by atoms with Gasteiger partial charge in [-0.3, -0.25) is 4.79 Å². The number of carbonyl (C=O) groups excluding carboxylic acids is 1. The lowest BCUT2D eigenvalue weighted by atomic mass is 9.87. The lowest BCUT2D eigenvalue weighted by Crippen LogP contribution is -2.31. The minimum Gasteiger partial charge on any atom is -0.484 e. The Balaban J connectivity index is 1.78. The molecule has 0 saturated heterocycles. The molecule has 2 aromatic carbocycles.